The Hall–Kier alpha value is -2.44. The average molecular weight is 296 g/mol. The zero-order valence-electron chi connectivity index (χ0n) is 11.7. The van der Waals surface area contributed by atoms with E-state index >= 15 is 0 Å². The molecule has 0 bridgehead atoms. The van der Waals surface area contributed by atoms with Crippen LogP contribution in [0.5, 0.6) is 0 Å². The summed E-state index contributed by atoms with van der Waals surface area (Å²) in [7, 11) is 2.61. The standard InChI is InChI=1S/C14H14F2N2O3/c1-7-10(13(19)21-3)12(17-14(20)18(7)2)11-8(15)5-4-6-9(11)16/h4-6,12H,1-3H3,(H,17,20). The molecular weight excluding hydrogens is 282 g/mol. The maximum atomic E-state index is 13.9. The third-order valence-corrected chi connectivity index (χ3v) is 3.45. The fraction of sp³-hybridized carbons (Fsp3) is 0.286. The van der Waals surface area contributed by atoms with E-state index in [1.165, 1.54) is 24.9 Å². The number of hydrogen-bond acceptors (Lipinski definition) is 3. The molecule has 7 heteroatoms. The zero-order valence-corrected chi connectivity index (χ0v) is 11.7. The van der Waals surface area contributed by atoms with Crippen LogP contribution < -0.4 is 5.32 Å². The summed E-state index contributed by atoms with van der Waals surface area (Å²) in [5.41, 5.74) is -0.124. The van der Waals surface area contributed by atoms with Crippen LogP contribution in [0.3, 0.4) is 0 Å². The fourth-order valence-electron chi connectivity index (χ4n) is 2.21. The van der Waals surface area contributed by atoms with Crippen LogP contribution in [-0.2, 0) is 9.53 Å². The molecular formula is C14H14F2N2O3. The molecule has 0 saturated heterocycles. The number of carbonyl (C=O) groups is 2. The summed E-state index contributed by atoms with van der Waals surface area (Å²) >= 11 is 0. The summed E-state index contributed by atoms with van der Waals surface area (Å²) in [5.74, 6) is -2.45. The van der Waals surface area contributed by atoms with Gasteiger partial charge in [-0.3, -0.25) is 0 Å². The smallest absolute Gasteiger partial charge is 0.337 e. The SMILES string of the molecule is COC(=O)C1=C(C)N(C)C(=O)NC1c1c(F)cccc1F. The zero-order chi connectivity index (χ0) is 15.7. The van der Waals surface area contributed by atoms with E-state index in [-0.39, 0.29) is 11.3 Å². The third-order valence-electron chi connectivity index (χ3n) is 3.45. The summed E-state index contributed by atoms with van der Waals surface area (Å²) in [6.07, 6.45) is 0. The van der Waals surface area contributed by atoms with Gasteiger partial charge in [0.25, 0.3) is 0 Å². The van der Waals surface area contributed by atoms with Crippen molar-refractivity contribution >= 4 is 12.0 Å². The molecule has 1 aromatic rings. The summed E-state index contributed by atoms with van der Waals surface area (Å²) in [4.78, 5) is 25.0. The van der Waals surface area contributed by atoms with Gasteiger partial charge in [0.15, 0.2) is 0 Å². The number of ether oxygens (including phenoxy) is 1. The molecule has 21 heavy (non-hydrogen) atoms. The second-order valence-corrected chi connectivity index (χ2v) is 4.57. The molecule has 1 atom stereocenters. The van der Waals surface area contributed by atoms with Gasteiger partial charge < -0.3 is 15.0 Å². The molecule has 1 heterocycles. The number of hydrogen-bond donors (Lipinski definition) is 1. The van der Waals surface area contributed by atoms with E-state index in [0.29, 0.717) is 0 Å². The molecule has 1 unspecified atom stereocenters. The minimum absolute atomic E-state index is 0.0106. The highest BCUT2D eigenvalue weighted by atomic mass is 19.1. The molecule has 2 rings (SSSR count). The number of nitrogens with one attached hydrogen (secondary N) is 1. The number of benzene rings is 1. The molecule has 1 aromatic carbocycles. The second-order valence-electron chi connectivity index (χ2n) is 4.57. The van der Waals surface area contributed by atoms with Crippen molar-refractivity contribution in [1.82, 2.24) is 10.2 Å². The first kappa shape index (κ1) is 15.0. The van der Waals surface area contributed by atoms with Gasteiger partial charge in [-0.05, 0) is 19.1 Å². The topological polar surface area (TPSA) is 58.6 Å². The average Bonchev–Trinajstić information content (AvgIpc) is 2.44. The summed E-state index contributed by atoms with van der Waals surface area (Å²) < 4.78 is 32.6. The van der Waals surface area contributed by atoms with Crippen molar-refractivity contribution in [3.63, 3.8) is 0 Å². The Kier molecular flexibility index (Phi) is 3.93. The maximum Gasteiger partial charge on any atom is 0.337 e. The maximum absolute atomic E-state index is 13.9. The van der Waals surface area contributed by atoms with Crippen LogP contribution in [0.25, 0.3) is 0 Å². The van der Waals surface area contributed by atoms with Gasteiger partial charge in [0.2, 0.25) is 0 Å². The Morgan fingerprint density at radius 2 is 1.90 bits per heavy atom. The Bertz CT molecular complexity index is 623. The molecule has 5 nitrogen and oxygen atoms in total. The molecule has 1 aliphatic rings. The number of methoxy groups -OCH3 is 1. The van der Waals surface area contributed by atoms with E-state index in [4.69, 9.17) is 0 Å². The van der Waals surface area contributed by atoms with Gasteiger partial charge in [-0.25, -0.2) is 18.4 Å². The minimum atomic E-state index is -1.23. The molecule has 0 aliphatic carbocycles. The first-order chi connectivity index (χ1) is 9.88. The Morgan fingerprint density at radius 3 is 2.43 bits per heavy atom. The quantitative estimate of drug-likeness (QED) is 0.850. The van der Waals surface area contributed by atoms with Gasteiger partial charge >= 0.3 is 12.0 Å². The van der Waals surface area contributed by atoms with Crippen molar-refractivity contribution < 1.29 is 23.1 Å². The third kappa shape index (κ3) is 2.46. The molecule has 112 valence electrons. The number of carbonyl (C=O) groups excluding carboxylic acids is 2. The highest BCUT2D eigenvalue weighted by molar-refractivity contribution is 5.94. The van der Waals surface area contributed by atoms with Crippen molar-refractivity contribution in [3.05, 3.63) is 46.7 Å². The number of amides is 2. The Labute approximate surface area is 120 Å². The molecule has 0 fully saturated rings. The van der Waals surface area contributed by atoms with Crippen molar-refractivity contribution in [3.8, 4) is 0 Å². The van der Waals surface area contributed by atoms with E-state index in [0.717, 1.165) is 19.2 Å². The first-order valence-corrected chi connectivity index (χ1v) is 6.15. The summed E-state index contributed by atoms with van der Waals surface area (Å²) in [6.45, 7) is 1.51. The molecule has 0 radical (unpaired) electrons. The second kappa shape index (κ2) is 5.51. The molecule has 1 N–H and O–H groups in total. The van der Waals surface area contributed by atoms with Crippen LogP contribution in [0.2, 0.25) is 0 Å². The molecule has 2 amide bonds. The van der Waals surface area contributed by atoms with Crippen molar-refractivity contribution in [2.45, 2.75) is 13.0 Å². The Morgan fingerprint density at radius 1 is 1.33 bits per heavy atom. The van der Waals surface area contributed by atoms with Crippen LogP contribution in [0, 0.1) is 11.6 Å². The lowest BCUT2D eigenvalue weighted by atomic mass is 9.94. The van der Waals surface area contributed by atoms with E-state index in [2.05, 4.69) is 10.1 Å². The molecule has 0 aromatic heterocycles. The number of halogens is 2. The molecule has 0 spiro atoms. The van der Waals surface area contributed by atoms with Gasteiger partial charge in [-0.15, -0.1) is 0 Å². The van der Waals surface area contributed by atoms with Crippen LogP contribution in [0.15, 0.2) is 29.5 Å². The van der Waals surface area contributed by atoms with Crippen molar-refractivity contribution in [2.24, 2.45) is 0 Å². The monoisotopic (exact) mass is 296 g/mol. The molecule has 1 aliphatic heterocycles. The largest absolute Gasteiger partial charge is 0.466 e. The van der Waals surface area contributed by atoms with Crippen LogP contribution >= 0.6 is 0 Å². The highest BCUT2D eigenvalue weighted by Gasteiger charge is 2.37. The van der Waals surface area contributed by atoms with E-state index in [1.54, 1.807) is 0 Å². The van der Waals surface area contributed by atoms with Crippen molar-refractivity contribution in [1.29, 1.82) is 0 Å². The number of nitrogens with zero attached hydrogens (tertiary/aromatic N) is 1. The number of rotatable bonds is 2. The Balaban J connectivity index is 2.65. The molecule has 0 saturated carbocycles. The van der Waals surface area contributed by atoms with E-state index in [1.807, 2.05) is 0 Å². The summed E-state index contributed by atoms with van der Waals surface area (Å²) in [5, 5.41) is 2.41. The first-order valence-electron chi connectivity index (χ1n) is 6.15. The van der Waals surface area contributed by atoms with Crippen LogP contribution in [0.4, 0.5) is 13.6 Å². The van der Waals surface area contributed by atoms with Crippen molar-refractivity contribution in [2.75, 3.05) is 14.2 Å². The van der Waals surface area contributed by atoms with E-state index < -0.39 is 35.2 Å². The predicted molar refractivity (Wildman–Crippen MR) is 70.1 cm³/mol. The van der Waals surface area contributed by atoms with Crippen LogP contribution in [0.1, 0.15) is 18.5 Å². The van der Waals surface area contributed by atoms with Gasteiger partial charge in [0.05, 0.1) is 24.3 Å². The lowest BCUT2D eigenvalue weighted by Gasteiger charge is -2.33. The van der Waals surface area contributed by atoms with Crippen LogP contribution in [-0.4, -0.2) is 31.1 Å². The van der Waals surface area contributed by atoms with Gasteiger partial charge in [-0.1, -0.05) is 6.07 Å². The lowest BCUT2D eigenvalue weighted by Crippen LogP contribution is -2.46. The highest BCUT2D eigenvalue weighted by Crippen LogP contribution is 2.33. The normalized spacial score (nSPS) is 18.6. The number of urea groups is 1. The predicted octanol–water partition coefficient (Wildman–Crippen LogP) is 2.11. The van der Waals surface area contributed by atoms with Gasteiger partial charge in [-0.2, -0.15) is 0 Å². The minimum Gasteiger partial charge on any atom is -0.466 e. The fourth-order valence-corrected chi connectivity index (χ4v) is 2.21. The number of esters is 1. The van der Waals surface area contributed by atoms with Gasteiger partial charge in [0, 0.05) is 12.7 Å². The number of allylic oxidation sites excluding steroid dienone is 1. The lowest BCUT2D eigenvalue weighted by molar-refractivity contribution is -0.136. The van der Waals surface area contributed by atoms with E-state index in [9.17, 15) is 18.4 Å². The summed E-state index contributed by atoms with van der Waals surface area (Å²) in [6, 6.07) is 1.54. The van der Waals surface area contributed by atoms with Gasteiger partial charge in [0.1, 0.15) is 11.6 Å².